The Bertz CT molecular complexity index is 1440. The third-order valence-electron chi connectivity index (χ3n) is 5.22. The van der Waals surface area contributed by atoms with Crippen LogP contribution in [0.5, 0.6) is 11.5 Å². The van der Waals surface area contributed by atoms with Crippen molar-refractivity contribution in [2.24, 2.45) is 0 Å². The summed E-state index contributed by atoms with van der Waals surface area (Å²) in [6.07, 6.45) is -0.645. The second-order valence-corrected chi connectivity index (χ2v) is 7.24. The third-order valence-corrected chi connectivity index (χ3v) is 5.22. The van der Waals surface area contributed by atoms with Crippen LogP contribution in [-0.2, 0) is 4.79 Å². The molecule has 0 spiro atoms. The van der Waals surface area contributed by atoms with Gasteiger partial charge in [-0.3, -0.25) is 4.79 Å². The van der Waals surface area contributed by atoms with E-state index in [4.69, 9.17) is 18.3 Å². The van der Waals surface area contributed by atoms with Crippen LogP contribution in [0.2, 0.25) is 0 Å². The number of aryl methyl sites for hydroxylation is 1. The number of carbonyl (C=O) groups is 1. The molecule has 1 unspecified atom stereocenters. The molecule has 2 heterocycles. The number of ketones is 1. The highest BCUT2D eigenvalue weighted by molar-refractivity contribution is 5.97. The second-order valence-electron chi connectivity index (χ2n) is 7.24. The van der Waals surface area contributed by atoms with E-state index in [0.29, 0.717) is 39.0 Å². The number of Topliss-reactive ketones (excluding diaryl/α,β-unsaturated/α-hetero) is 1. The van der Waals surface area contributed by atoms with Gasteiger partial charge in [-0.1, -0.05) is 12.1 Å². The molecule has 1 atom stereocenters. The van der Waals surface area contributed by atoms with Crippen LogP contribution in [0.3, 0.4) is 0 Å². The Hall–Kier alpha value is -3.87. The topological polar surface area (TPSA) is 96.0 Å². The van der Waals surface area contributed by atoms with Crippen molar-refractivity contribution in [1.82, 2.24) is 0 Å². The molecule has 2 aromatic carbocycles. The summed E-state index contributed by atoms with van der Waals surface area (Å²) in [6, 6.07) is 11.6. The van der Waals surface area contributed by atoms with E-state index in [1.807, 2.05) is 0 Å². The predicted molar refractivity (Wildman–Crippen MR) is 116 cm³/mol. The van der Waals surface area contributed by atoms with Crippen LogP contribution in [0.1, 0.15) is 19.4 Å². The van der Waals surface area contributed by atoms with E-state index in [0.717, 1.165) is 0 Å². The van der Waals surface area contributed by atoms with Crippen molar-refractivity contribution < 1.29 is 23.1 Å². The van der Waals surface area contributed by atoms with E-state index < -0.39 is 17.4 Å². The molecule has 4 aromatic rings. The average Bonchev–Trinajstić information content (AvgIpc) is 2.74. The molecule has 0 amide bonds. The van der Waals surface area contributed by atoms with Crippen LogP contribution in [0, 0.1) is 6.92 Å². The molecule has 7 nitrogen and oxygen atoms in total. The van der Waals surface area contributed by atoms with Gasteiger partial charge in [0.05, 0.1) is 12.7 Å². The minimum atomic E-state index is -0.645. The smallest absolute Gasteiger partial charge is 0.344 e. The largest absolute Gasteiger partial charge is 0.493 e. The number of carbonyl (C=O) groups excluding carboxylic acids is 1. The molecule has 158 valence electrons. The molecule has 2 aromatic heterocycles. The summed E-state index contributed by atoms with van der Waals surface area (Å²) in [5.74, 6) is 0.737. The molecule has 0 saturated heterocycles. The van der Waals surface area contributed by atoms with Gasteiger partial charge in [0.15, 0.2) is 23.2 Å². The Kier molecular flexibility index (Phi) is 5.10. The number of ether oxygens (including phenoxy) is 2. The Labute approximate surface area is 176 Å². The number of hydrogen-bond acceptors (Lipinski definition) is 7. The molecule has 0 radical (unpaired) electrons. The number of methoxy groups -OCH3 is 1. The highest BCUT2D eigenvalue weighted by Gasteiger charge is 2.19. The minimum absolute atomic E-state index is 0.126. The quantitative estimate of drug-likeness (QED) is 0.446. The normalized spacial score (nSPS) is 12.1. The van der Waals surface area contributed by atoms with Crippen LogP contribution in [0.15, 0.2) is 60.9 Å². The zero-order valence-electron chi connectivity index (χ0n) is 17.5. The van der Waals surface area contributed by atoms with Crippen LogP contribution >= 0.6 is 0 Å². The number of fused-ring (bicyclic) bond motifs is 2. The monoisotopic (exact) mass is 420 g/mol. The number of hydrogen-bond donors (Lipinski definition) is 0. The summed E-state index contributed by atoms with van der Waals surface area (Å²) in [7, 11) is 1.49. The van der Waals surface area contributed by atoms with E-state index in [-0.39, 0.29) is 16.9 Å². The van der Waals surface area contributed by atoms with Crippen molar-refractivity contribution in [2.75, 3.05) is 7.11 Å². The SMILES string of the molecule is COc1cccc2cc(-c3cc(=O)oc4c(C)c(OC(C)C(C)=O)ccc34)c(=O)oc12. The maximum absolute atomic E-state index is 12.8. The molecule has 4 rings (SSSR count). The van der Waals surface area contributed by atoms with Crippen molar-refractivity contribution in [3.8, 4) is 22.6 Å². The highest BCUT2D eigenvalue weighted by Crippen LogP contribution is 2.34. The highest BCUT2D eigenvalue weighted by atomic mass is 16.5. The molecule has 0 aliphatic rings. The van der Waals surface area contributed by atoms with Gasteiger partial charge in [0.25, 0.3) is 0 Å². The van der Waals surface area contributed by atoms with Gasteiger partial charge in [-0.15, -0.1) is 0 Å². The van der Waals surface area contributed by atoms with Crippen molar-refractivity contribution >= 4 is 27.7 Å². The first-order valence-corrected chi connectivity index (χ1v) is 9.66. The van der Waals surface area contributed by atoms with E-state index >= 15 is 0 Å². The van der Waals surface area contributed by atoms with Crippen LogP contribution < -0.4 is 20.7 Å². The molecule has 0 fully saturated rings. The standard InChI is InChI=1S/C24H20O7/c1-12-19(29-14(3)13(2)25)9-8-16-17(11-21(26)30-22(12)16)18-10-15-6-5-7-20(28-4)23(15)31-24(18)27/h5-11,14H,1-4H3. The lowest BCUT2D eigenvalue weighted by Gasteiger charge is -2.15. The van der Waals surface area contributed by atoms with Gasteiger partial charge in [0, 0.05) is 28.0 Å². The van der Waals surface area contributed by atoms with Gasteiger partial charge in [-0.2, -0.15) is 0 Å². The molecular weight excluding hydrogens is 400 g/mol. The van der Waals surface area contributed by atoms with Gasteiger partial charge < -0.3 is 18.3 Å². The summed E-state index contributed by atoms with van der Waals surface area (Å²) >= 11 is 0. The second kappa shape index (κ2) is 7.75. The molecule has 0 bridgehead atoms. The fourth-order valence-electron chi connectivity index (χ4n) is 3.43. The fourth-order valence-corrected chi connectivity index (χ4v) is 3.43. The van der Waals surface area contributed by atoms with E-state index in [1.54, 1.807) is 50.2 Å². The van der Waals surface area contributed by atoms with Crippen molar-refractivity contribution in [2.45, 2.75) is 26.9 Å². The summed E-state index contributed by atoms with van der Waals surface area (Å²) in [4.78, 5) is 36.7. The predicted octanol–water partition coefficient (Wildman–Crippen LogP) is 4.24. The first-order chi connectivity index (χ1) is 14.8. The van der Waals surface area contributed by atoms with Gasteiger partial charge >= 0.3 is 11.3 Å². The summed E-state index contributed by atoms with van der Waals surface area (Å²) in [5, 5.41) is 1.21. The summed E-state index contributed by atoms with van der Waals surface area (Å²) in [5.41, 5.74) is 0.552. The zero-order chi connectivity index (χ0) is 22.3. The Balaban J connectivity index is 1.96. The first kappa shape index (κ1) is 20.4. The minimum Gasteiger partial charge on any atom is -0.493 e. The number of rotatable bonds is 5. The summed E-state index contributed by atoms with van der Waals surface area (Å²) < 4.78 is 21.9. The van der Waals surface area contributed by atoms with Crippen LogP contribution in [-0.4, -0.2) is 19.0 Å². The molecule has 0 saturated carbocycles. The maximum atomic E-state index is 12.8. The van der Waals surface area contributed by atoms with Gasteiger partial charge in [-0.25, -0.2) is 9.59 Å². The lowest BCUT2D eigenvalue weighted by molar-refractivity contribution is -0.122. The molecular formula is C24H20O7. The van der Waals surface area contributed by atoms with Crippen LogP contribution in [0.25, 0.3) is 33.1 Å². The fraction of sp³-hybridized carbons (Fsp3) is 0.208. The molecule has 31 heavy (non-hydrogen) atoms. The zero-order valence-corrected chi connectivity index (χ0v) is 17.5. The van der Waals surface area contributed by atoms with Crippen LogP contribution in [0.4, 0.5) is 0 Å². The Morgan fingerprint density at radius 3 is 2.45 bits per heavy atom. The number of para-hydroxylation sites is 1. The lowest BCUT2D eigenvalue weighted by atomic mass is 10.0. The first-order valence-electron chi connectivity index (χ1n) is 9.66. The molecule has 0 N–H and O–H groups in total. The Morgan fingerprint density at radius 2 is 1.74 bits per heavy atom. The number of benzene rings is 2. The van der Waals surface area contributed by atoms with Gasteiger partial charge in [0.1, 0.15) is 11.3 Å². The van der Waals surface area contributed by atoms with Gasteiger partial charge in [-0.05, 0) is 45.0 Å². The van der Waals surface area contributed by atoms with E-state index in [2.05, 4.69) is 0 Å². The third kappa shape index (κ3) is 3.59. The van der Waals surface area contributed by atoms with E-state index in [9.17, 15) is 14.4 Å². The van der Waals surface area contributed by atoms with E-state index in [1.165, 1.54) is 20.1 Å². The van der Waals surface area contributed by atoms with Crippen molar-refractivity contribution in [3.63, 3.8) is 0 Å². The average molecular weight is 420 g/mol. The van der Waals surface area contributed by atoms with Gasteiger partial charge in [0.2, 0.25) is 0 Å². The molecule has 0 aliphatic carbocycles. The maximum Gasteiger partial charge on any atom is 0.344 e. The molecule has 0 aliphatic heterocycles. The molecule has 7 heteroatoms. The Morgan fingerprint density at radius 1 is 0.968 bits per heavy atom. The van der Waals surface area contributed by atoms with Crippen molar-refractivity contribution in [1.29, 1.82) is 0 Å². The summed E-state index contributed by atoms with van der Waals surface area (Å²) in [6.45, 7) is 4.81. The lowest BCUT2D eigenvalue weighted by Crippen LogP contribution is -2.21. The van der Waals surface area contributed by atoms with Crippen molar-refractivity contribution in [3.05, 3.63) is 68.9 Å².